The Morgan fingerprint density at radius 1 is 0.318 bits per heavy atom. The summed E-state index contributed by atoms with van der Waals surface area (Å²) < 4.78 is 23.8. The first-order valence-electron chi connectivity index (χ1n) is 13.9. The third kappa shape index (κ3) is 7.71. The van der Waals surface area contributed by atoms with Crippen molar-refractivity contribution in [3.63, 3.8) is 0 Å². The second-order valence-electron chi connectivity index (χ2n) is 9.79. The lowest BCUT2D eigenvalue weighted by molar-refractivity contribution is 0.460. The Balaban J connectivity index is 0.992. The molecule has 6 aromatic carbocycles. The predicted octanol–water partition coefficient (Wildman–Crippen LogP) is 9.46. The van der Waals surface area contributed by atoms with E-state index in [-0.39, 0.29) is 0 Å². The van der Waals surface area contributed by atoms with Crippen LogP contribution in [0.1, 0.15) is 0 Å². The number of ether oxygens (including phenoxy) is 4. The van der Waals surface area contributed by atoms with Gasteiger partial charge < -0.3 is 41.3 Å². The van der Waals surface area contributed by atoms with Crippen LogP contribution in [0.25, 0.3) is 0 Å². The molecule has 0 heterocycles. The Bertz CT molecular complexity index is 1670. The van der Waals surface area contributed by atoms with Crippen molar-refractivity contribution in [3.05, 3.63) is 146 Å². The SMILES string of the molecule is Nc1ccc(Oc2cccc(Oc3ccc(NNc4ccc(Oc5cccc(Oc6ccc(N)cc6)c5)cc4)cc3)c2)cc1. The van der Waals surface area contributed by atoms with Gasteiger partial charge >= 0.3 is 0 Å². The first-order valence-corrected chi connectivity index (χ1v) is 13.9. The summed E-state index contributed by atoms with van der Waals surface area (Å²) in [4.78, 5) is 0. The van der Waals surface area contributed by atoms with Crippen LogP contribution in [0.3, 0.4) is 0 Å². The number of nitrogens with two attached hydrogens (primary N) is 2. The maximum absolute atomic E-state index is 6.02. The van der Waals surface area contributed by atoms with E-state index >= 15 is 0 Å². The van der Waals surface area contributed by atoms with Gasteiger partial charge in [-0.25, -0.2) is 0 Å². The molecular weight excluding hydrogens is 552 g/mol. The first kappa shape index (κ1) is 27.9. The normalized spacial score (nSPS) is 10.5. The van der Waals surface area contributed by atoms with Crippen LogP contribution in [0.15, 0.2) is 146 Å². The Morgan fingerprint density at radius 2 is 0.591 bits per heavy atom. The number of hydrazine groups is 1. The molecule has 0 aliphatic rings. The van der Waals surface area contributed by atoms with Gasteiger partial charge in [-0.05, 0) is 121 Å². The minimum atomic E-state index is 0.667. The van der Waals surface area contributed by atoms with Crippen molar-refractivity contribution in [2.75, 3.05) is 22.3 Å². The van der Waals surface area contributed by atoms with E-state index < -0.39 is 0 Å². The standard InChI is InChI=1S/C36H30N4O4/c37-25-7-15-29(16-8-25)41-33-3-1-5-35(23-33)43-31-19-11-27(12-20-31)39-40-28-13-21-32(22-14-28)44-36-6-2-4-34(24-36)42-30-17-9-26(38)10-18-30/h1-24,39-40H,37-38H2. The van der Waals surface area contributed by atoms with E-state index in [0.29, 0.717) is 57.4 Å². The number of hydrogen-bond donors (Lipinski definition) is 4. The average molecular weight is 583 g/mol. The third-order valence-corrected chi connectivity index (χ3v) is 6.37. The molecule has 6 aromatic rings. The highest BCUT2D eigenvalue weighted by molar-refractivity contribution is 5.55. The predicted molar refractivity (Wildman–Crippen MR) is 175 cm³/mol. The lowest BCUT2D eigenvalue weighted by Crippen LogP contribution is -2.08. The maximum Gasteiger partial charge on any atom is 0.131 e. The molecule has 0 aromatic heterocycles. The van der Waals surface area contributed by atoms with Gasteiger partial charge in [0.05, 0.1) is 11.4 Å². The molecule has 0 amide bonds. The van der Waals surface area contributed by atoms with Gasteiger partial charge in [-0.15, -0.1) is 0 Å². The molecule has 44 heavy (non-hydrogen) atoms. The zero-order valence-corrected chi connectivity index (χ0v) is 23.6. The summed E-state index contributed by atoms with van der Waals surface area (Å²) in [5.74, 6) is 5.47. The van der Waals surface area contributed by atoms with Crippen LogP contribution in [0.5, 0.6) is 46.0 Å². The van der Waals surface area contributed by atoms with E-state index in [0.717, 1.165) is 11.4 Å². The van der Waals surface area contributed by atoms with Gasteiger partial charge in [0.15, 0.2) is 0 Å². The number of benzene rings is 6. The maximum atomic E-state index is 6.02. The van der Waals surface area contributed by atoms with Gasteiger partial charge in [0.1, 0.15) is 46.0 Å². The molecule has 0 saturated carbocycles. The third-order valence-electron chi connectivity index (χ3n) is 6.37. The quantitative estimate of drug-likeness (QED) is 0.0882. The molecule has 8 heteroatoms. The minimum Gasteiger partial charge on any atom is -0.457 e. The molecule has 0 spiro atoms. The second kappa shape index (κ2) is 13.1. The molecule has 0 fully saturated rings. The van der Waals surface area contributed by atoms with Crippen molar-refractivity contribution in [1.29, 1.82) is 0 Å². The molecule has 0 unspecified atom stereocenters. The molecule has 0 saturated heterocycles. The van der Waals surface area contributed by atoms with Gasteiger partial charge in [0.2, 0.25) is 0 Å². The van der Waals surface area contributed by atoms with Crippen LogP contribution < -0.4 is 41.3 Å². The van der Waals surface area contributed by atoms with E-state index in [2.05, 4.69) is 10.9 Å². The number of nitrogen functional groups attached to an aromatic ring is 2. The number of anilines is 4. The highest BCUT2D eigenvalue weighted by atomic mass is 16.5. The molecule has 0 atom stereocenters. The fraction of sp³-hybridized carbons (Fsp3) is 0. The van der Waals surface area contributed by atoms with Crippen molar-refractivity contribution < 1.29 is 18.9 Å². The lowest BCUT2D eigenvalue weighted by atomic mass is 10.3. The molecular formula is C36H30N4O4. The molecule has 6 N–H and O–H groups in total. The summed E-state index contributed by atoms with van der Waals surface area (Å²) in [5, 5.41) is 0. The number of nitrogens with one attached hydrogen (secondary N) is 2. The van der Waals surface area contributed by atoms with Crippen LogP contribution in [0, 0.1) is 0 Å². The summed E-state index contributed by atoms with van der Waals surface area (Å²) in [5.41, 5.74) is 21.0. The van der Waals surface area contributed by atoms with E-state index in [9.17, 15) is 0 Å². The lowest BCUT2D eigenvalue weighted by Gasteiger charge is -2.13. The van der Waals surface area contributed by atoms with Crippen molar-refractivity contribution in [2.24, 2.45) is 0 Å². The van der Waals surface area contributed by atoms with Crippen molar-refractivity contribution in [3.8, 4) is 46.0 Å². The zero-order valence-electron chi connectivity index (χ0n) is 23.6. The summed E-state index contributed by atoms with van der Waals surface area (Å²) in [6.07, 6.45) is 0. The summed E-state index contributed by atoms with van der Waals surface area (Å²) in [6, 6.07) is 44.7. The molecule has 6 rings (SSSR count). The second-order valence-corrected chi connectivity index (χ2v) is 9.79. The smallest absolute Gasteiger partial charge is 0.131 e. The van der Waals surface area contributed by atoms with Gasteiger partial charge in [-0.3, -0.25) is 0 Å². The molecule has 8 nitrogen and oxygen atoms in total. The Labute approximate surface area is 255 Å². The topological polar surface area (TPSA) is 113 Å². The van der Waals surface area contributed by atoms with Crippen LogP contribution in [-0.4, -0.2) is 0 Å². The molecule has 0 aliphatic carbocycles. The van der Waals surface area contributed by atoms with E-state index in [4.69, 9.17) is 30.4 Å². The van der Waals surface area contributed by atoms with Crippen molar-refractivity contribution >= 4 is 22.7 Å². The summed E-state index contributed by atoms with van der Waals surface area (Å²) in [6.45, 7) is 0. The van der Waals surface area contributed by atoms with Crippen molar-refractivity contribution in [1.82, 2.24) is 0 Å². The largest absolute Gasteiger partial charge is 0.457 e. The fourth-order valence-electron chi connectivity index (χ4n) is 4.18. The van der Waals surface area contributed by atoms with E-state index in [1.165, 1.54) is 0 Å². The van der Waals surface area contributed by atoms with Crippen LogP contribution in [0.4, 0.5) is 22.7 Å². The molecule has 0 bridgehead atoms. The number of rotatable bonds is 11. The summed E-state index contributed by atoms with van der Waals surface area (Å²) in [7, 11) is 0. The monoisotopic (exact) mass is 582 g/mol. The molecule has 0 aliphatic heterocycles. The highest BCUT2D eigenvalue weighted by Crippen LogP contribution is 2.31. The van der Waals surface area contributed by atoms with Crippen molar-refractivity contribution in [2.45, 2.75) is 0 Å². The Hall–Kier alpha value is -6.28. The van der Waals surface area contributed by atoms with E-state index in [1.807, 2.05) is 121 Å². The number of hydrogen-bond acceptors (Lipinski definition) is 8. The van der Waals surface area contributed by atoms with Gasteiger partial charge in [-0.2, -0.15) is 0 Å². The van der Waals surface area contributed by atoms with Gasteiger partial charge in [0.25, 0.3) is 0 Å². The van der Waals surface area contributed by atoms with E-state index in [1.54, 1.807) is 24.3 Å². The van der Waals surface area contributed by atoms with Gasteiger partial charge in [0, 0.05) is 23.5 Å². The van der Waals surface area contributed by atoms with Gasteiger partial charge in [-0.1, -0.05) is 12.1 Å². The molecule has 218 valence electrons. The van der Waals surface area contributed by atoms with Crippen LogP contribution in [-0.2, 0) is 0 Å². The summed E-state index contributed by atoms with van der Waals surface area (Å²) >= 11 is 0. The van der Waals surface area contributed by atoms with Crippen LogP contribution >= 0.6 is 0 Å². The highest BCUT2D eigenvalue weighted by Gasteiger charge is 2.05. The molecule has 0 radical (unpaired) electrons. The Morgan fingerprint density at radius 3 is 0.886 bits per heavy atom. The van der Waals surface area contributed by atoms with Crippen LogP contribution in [0.2, 0.25) is 0 Å². The first-order chi connectivity index (χ1) is 21.5. The Kier molecular flexibility index (Phi) is 8.32. The fourth-order valence-corrected chi connectivity index (χ4v) is 4.18. The average Bonchev–Trinajstić information content (AvgIpc) is 3.04. The zero-order chi connectivity index (χ0) is 30.1. The minimum absolute atomic E-state index is 0.667.